The van der Waals surface area contributed by atoms with Crippen molar-refractivity contribution in [2.24, 2.45) is 0 Å². The highest BCUT2D eigenvalue weighted by atomic mass is 35.5. The molecule has 0 saturated heterocycles. The Morgan fingerprint density at radius 2 is 1.70 bits per heavy atom. The molecule has 2 aromatic carbocycles. The smallest absolute Gasteiger partial charge is 0.263 e. The monoisotopic (exact) mass is 400 g/mol. The molecule has 4 nitrogen and oxygen atoms in total. The molecule has 1 aromatic heterocycles. The molecule has 0 bridgehead atoms. The summed E-state index contributed by atoms with van der Waals surface area (Å²) in [6, 6.07) is 9.86. The Morgan fingerprint density at radius 3 is 2.33 bits per heavy atom. The standard InChI is InChI=1S/C21H21ClN2O2S/c1-11-8-13(3)19(14(4)9-11)24-16(25)10-23-21(26)20-18(22)17-12(2)6-5-7-15(17)27-20/h5-9H,10H2,1-4H3,(H,23,26)(H,24,25). The molecule has 1 heterocycles. The summed E-state index contributed by atoms with van der Waals surface area (Å²) in [4.78, 5) is 25.2. The van der Waals surface area contributed by atoms with E-state index in [-0.39, 0.29) is 18.4 Å². The number of carbonyl (C=O) groups excluding carboxylic acids is 2. The summed E-state index contributed by atoms with van der Waals surface area (Å²) in [5.41, 5.74) is 4.95. The second-order valence-electron chi connectivity index (χ2n) is 6.70. The highest BCUT2D eigenvalue weighted by molar-refractivity contribution is 7.21. The van der Waals surface area contributed by atoms with E-state index in [0.29, 0.717) is 9.90 Å². The molecule has 0 aliphatic carbocycles. The van der Waals surface area contributed by atoms with Crippen molar-refractivity contribution in [2.45, 2.75) is 27.7 Å². The van der Waals surface area contributed by atoms with Crippen LogP contribution in [0.5, 0.6) is 0 Å². The molecular formula is C21H21ClN2O2S. The van der Waals surface area contributed by atoms with E-state index in [1.54, 1.807) is 0 Å². The largest absolute Gasteiger partial charge is 0.342 e. The molecule has 27 heavy (non-hydrogen) atoms. The predicted octanol–water partition coefficient (Wildman–Crippen LogP) is 5.16. The lowest BCUT2D eigenvalue weighted by atomic mass is 10.1. The van der Waals surface area contributed by atoms with Crippen LogP contribution in [0.2, 0.25) is 5.02 Å². The van der Waals surface area contributed by atoms with Gasteiger partial charge in [0, 0.05) is 15.8 Å². The van der Waals surface area contributed by atoms with Gasteiger partial charge in [-0.25, -0.2) is 0 Å². The third-order valence-corrected chi connectivity index (χ3v) is 6.07. The Bertz CT molecular complexity index is 1030. The first kappa shape index (κ1) is 19.4. The van der Waals surface area contributed by atoms with Crippen molar-refractivity contribution in [3.63, 3.8) is 0 Å². The molecule has 2 N–H and O–H groups in total. The molecule has 0 spiro atoms. The van der Waals surface area contributed by atoms with Crippen LogP contribution in [0.4, 0.5) is 5.69 Å². The molecular weight excluding hydrogens is 380 g/mol. The van der Waals surface area contributed by atoms with Gasteiger partial charge in [0.05, 0.1) is 11.6 Å². The predicted molar refractivity (Wildman–Crippen MR) is 113 cm³/mol. The van der Waals surface area contributed by atoms with E-state index >= 15 is 0 Å². The second-order valence-corrected chi connectivity index (χ2v) is 8.13. The van der Waals surface area contributed by atoms with Crippen molar-refractivity contribution in [1.82, 2.24) is 5.32 Å². The van der Waals surface area contributed by atoms with Crippen molar-refractivity contribution in [1.29, 1.82) is 0 Å². The highest BCUT2D eigenvalue weighted by Gasteiger charge is 2.19. The van der Waals surface area contributed by atoms with Gasteiger partial charge < -0.3 is 10.6 Å². The third kappa shape index (κ3) is 3.99. The first-order chi connectivity index (χ1) is 12.8. The molecule has 3 rings (SSSR count). The van der Waals surface area contributed by atoms with Gasteiger partial charge in [-0.2, -0.15) is 0 Å². The number of nitrogens with one attached hydrogen (secondary N) is 2. The summed E-state index contributed by atoms with van der Waals surface area (Å²) < 4.78 is 0.959. The van der Waals surface area contributed by atoms with Crippen LogP contribution in [-0.4, -0.2) is 18.4 Å². The van der Waals surface area contributed by atoms with Crippen LogP contribution in [-0.2, 0) is 4.79 Å². The zero-order valence-electron chi connectivity index (χ0n) is 15.7. The van der Waals surface area contributed by atoms with E-state index in [1.165, 1.54) is 11.3 Å². The van der Waals surface area contributed by atoms with Crippen LogP contribution in [0, 0.1) is 27.7 Å². The first-order valence-electron chi connectivity index (χ1n) is 8.61. The number of rotatable bonds is 4. The first-order valence-corrected chi connectivity index (χ1v) is 9.81. The van der Waals surface area contributed by atoms with Gasteiger partial charge in [-0.1, -0.05) is 41.4 Å². The Hall–Kier alpha value is -2.37. The van der Waals surface area contributed by atoms with Crippen LogP contribution in [0.1, 0.15) is 31.9 Å². The van der Waals surface area contributed by atoms with E-state index in [4.69, 9.17) is 11.6 Å². The lowest BCUT2D eigenvalue weighted by molar-refractivity contribution is -0.115. The van der Waals surface area contributed by atoms with E-state index in [1.807, 2.05) is 58.0 Å². The van der Waals surface area contributed by atoms with Crippen molar-refractivity contribution in [3.8, 4) is 0 Å². The Labute approximate surface area is 167 Å². The van der Waals surface area contributed by atoms with E-state index in [0.717, 1.165) is 38.0 Å². The Balaban J connectivity index is 1.70. The molecule has 0 aliphatic rings. The van der Waals surface area contributed by atoms with Gasteiger partial charge >= 0.3 is 0 Å². The Kier molecular flexibility index (Phi) is 5.53. The number of hydrogen-bond donors (Lipinski definition) is 2. The van der Waals surface area contributed by atoms with Gasteiger partial charge in [-0.3, -0.25) is 9.59 Å². The molecule has 0 radical (unpaired) electrons. The zero-order valence-corrected chi connectivity index (χ0v) is 17.3. The number of benzene rings is 2. The molecule has 6 heteroatoms. The summed E-state index contributed by atoms with van der Waals surface area (Å²) in [5.74, 6) is -0.611. The number of aryl methyl sites for hydroxylation is 4. The average molecular weight is 401 g/mol. The van der Waals surface area contributed by atoms with Gasteiger partial charge in [-0.15, -0.1) is 11.3 Å². The summed E-state index contributed by atoms with van der Waals surface area (Å²) >= 11 is 7.74. The van der Waals surface area contributed by atoms with Gasteiger partial charge in [0.2, 0.25) is 5.91 Å². The summed E-state index contributed by atoms with van der Waals surface area (Å²) in [5, 5.41) is 6.88. The third-order valence-electron chi connectivity index (χ3n) is 4.42. The SMILES string of the molecule is Cc1cc(C)c(NC(=O)CNC(=O)c2sc3cccc(C)c3c2Cl)c(C)c1. The molecule has 2 amide bonds. The highest BCUT2D eigenvalue weighted by Crippen LogP contribution is 2.37. The van der Waals surface area contributed by atoms with Crippen LogP contribution in [0.3, 0.4) is 0 Å². The maximum absolute atomic E-state index is 12.5. The van der Waals surface area contributed by atoms with Crippen LogP contribution >= 0.6 is 22.9 Å². The number of hydrogen-bond acceptors (Lipinski definition) is 3. The molecule has 0 saturated carbocycles. The minimum Gasteiger partial charge on any atom is -0.342 e. The molecule has 0 atom stereocenters. The van der Waals surface area contributed by atoms with Crippen LogP contribution in [0.25, 0.3) is 10.1 Å². The Morgan fingerprint density at radius 1 is 1.04 bits per heavy atom. The minimum atomic E-state index is -0.340. The molecule has 140 valence electrons. The normalized spacial score (nSPS) is 10.9. The fourth-order valence-electron chi connectivity index (χ4n) is 3.22. The number of anilines is 1. The van der Waals surface area contributed by atoms with Crippen molar-refractivity contribution in [3.05, 3.63) is 62.5 Å². The lowest BCUT2D eigenvalue weighted by Gasteiger charge is -2.13. The zero-order chi connectivity index (χ0) is 19.7. The fraction of sp³-hybridized carbons (Fsp3) is 0.238. The lowest BCUT2D eigenvalue weighted by Crippen LogP contribution is -2.32. The quantitative estimate of drug-likeness (QED) is 0.635. The second kappa shape index (κ2) is 7.71. The fourth-order valence-corrected chi connectivity index (χ4v) is 4.82. The van der Waals surface area contributed by atoms with Gasteiger partial charge in [0.15, 0.2) is 0 Å². The van der Waals surface area contributed by atoms with E-state index in [9.17, 15) is 9.59 Å². The summed E-state index contributed by atoms with van der Waals surface area (Å²) in [6.07, 6.45) is 0. The maximum atomic E-state index is 12.5. The number of fused-ring (bicyclic) bond motifs is 1. The van der Waals surface area contributed by atoms with E-state index < -0.39 is 0 Å². The van der Waals surface area contributed by atoms with Crippen molar-refractivity contribution < 1.29 is 9.59 Å². The van der Waals surface area contributed by atoms with E-state index in [2.05, 4.69) is 10.6 Å². The van der Waals surface area contributed by atoms with Crippen molar-refractivity contribution in [2.75, 3.05) is 11.9 Å². The van der Waals surface area contributed by atoms with Gasteiger partial charge in [0.1, 0.15) is 4.88 Å². The topological polar surface area (TPSA) is 58.2 Å². The molecule has 3 aromatic rings. The molecule has 0 unspecified atom stereocenters. The number of carbonyl (C=O) groups is 2. The molecule has 0 aliphatic heterocycles. The van der Waals surface area contributed by atoms with Crippen LogP contribution in [0.15, 0.2) is 30.3 Å². The maximum Gasteiger partial charge on any atom is 0.263 e. The average Bonchev–Trinajstić information content (AvgIpc) is 2.94. The van der Waals surface area contributed by atoms with Gasteiger partial charge in [-0.05, 0) is 50.5 Å². The van der Waals surface area contributed by atoms with Crippen LogP contribution < -0.4 is 10.6 Å². The summed E-state index contributed by atoms with van der Waals surface area (Å²) in [6.45, 7) is 7.76. The molecule has 0 fully saturated rings. The minimum absolute atomic E-state index is 0.116. The van der Waals surface area contributed by atoms with Crippen molar-refractivity contribution >= 4 is 50.5 Å². The number of thiophene rings is 1. The number of amides is 2. The number of halogens is 1. The summed E-state index contributed by atoms with van der Waals surface area (Å²) in [7, 11) is 0. The van der Waals surface area contributed by atoms with Gasteiger partial charge in [0.25, 0.3) is 5.91 Å².